The Kier molecular flexibility index (Phi) is 7.34. The highest BCUT2D eigenvalue weighted by Gasteiger charge is 2.31. The third-order valence-electron chi connectivity index (χ3n) is 8.30. The Labute approximate surface area is 266 Å². The Morgan fingerprint density at radius 2 is 1.29 bits per heavy atom. The fourth-order valence-corrected chi connectivity index (χ4v) is 10.1. The standard InChI is InChI=1S/C39H32N2O2P2/c1-26-19-21-32-36(23-26)44(30-13-5-3-6-14-30)42-34-17-9-11-28-25-29-12-10-18-35(39(29)41-38(28)34)43-45(31-15-7-4-8-16-31)37-24-27(2)20-22-33(37)40-32/h3-21,23-25,33,40H,22H2,1-2H3. The Bertz CT molecular complexity index is 2110. The van der Waals surface area contributed by atoms with Crippen LogP contribution in [0.4, 0.5) is 5.69 Å². The lowest BCUT2D eigenvalue weighted by Gasteiger charge is -2.32. The van der Waals surface area contributed by atoms with Crippen LogP contribution < -0.4 is 30.3 Å². The van der Waals surface area contributed by atoms with Gasteiger partial charge in [0, 0.05) is 37.7 Å². The largest absolute Gasteiger partial charge is 0.462 e. The molecule has 1 aliphatic heterocycles. The molecule has 1 aliphatic carbocycles. The Balaban J connectivity index is 1.42. The average molecular weight is 623 g/mol. The zero-order chi connectivity index (χ0) is 30.3. The third kappa shape index (κ3) is 5.39. The molecule has 0 spiro atoms. The molecular formula is C39H32N2O2P2. The van der Waals surface area contributed by atoms with E-state index in [1.165, 1.54) is 21.8 Å². The summed E-state index contributed by atoms with van der Waals surface area (Å²) in [5.74, 6) is 1.55. The number of anilines is 1. The van der Waals surface area contributed by atoms with E-state index in [1.807, 2.05) is 6.07 Å². The first-order valence-corrected chi connectivity index (χ1v) is 17.8. The molecule has 45 heavy (non-hydrogen) atoms. The lowest BCUT2D eigenvalue weighted by atomic mass is 10.0. The van der Waals surface area contributed by atoms with E-state index in [1.54, 1.807) is 0 Å². The predicted octanol–water partition coefficient (Wildman–Crippen LogP) is 9.25. The van der Waals surface area contributed by atoms with Gasteiger partial charge in [-0.15, -0.1) is 0 Å². The van der Waals surface area contributed by atoms with Crippen molar-refractivity contribution in [3.8, 4) is 11.5 Å². The third-order valence-corrected chi connectivity index (χ3v) is 12.3. The van der Waals surface area contributed by atoms with E-state index in [9.17, 15) is 0 Å². The number of para-hydroxylation sites is 2. The van der Waals surface area contributed by atoms with Gasteiger partial charge in [0.25, 0.3) is 0 Å². The van der Waals surface area contributed by atoms with Gasteiger partial charge in [0.2, 0.25) is 0 Å². The van der Waals surface area contributed by atoms with Crippen molar-refractivity contribution >= 4 is 59.7 Å². The maximum absolute atomic E-state index is 7.15. The fourth-order valence-electron chi connectivity index (χ4n) is 6.07. The number of fused-ring (bicyclic) bond motifs is 2. The molecule has 2 heterocycles. The number of aryl methyl sites for hydroxylation is 1. The normalized spacial score (nSPS) is 19.4. The topological polar surface area (TPSA) is 43.4 Å². The molecule has 0 saturated carbocycles. The highest BCUT2D eigenvalue weighted by Crippen LogP contribution is 2.52. The van der Waals surface area contributed by atoms with Crippen molar-refractivity contribution in [2.45, 2.75) is 26.3 Å². The van der Waals surface area contributed by atoms with Crippen molar-refractivity contribution < 1.29 is 9.05 Å². The van der Waals surface area contributed by atoms with E-state index >= 15 is 0 Å². The van der Waals surface area contributed by atoms with E-state index in [0.29, 0.717) is 0 Å². The monoisotopic (exact) mass is 622 g/mol. The molecule has 0 saturated heterocycles. The summed E-state index contributed by atoms with van der Waals surface area (Å²) in [4.78, 5) is 5.30. The number of nitrogens with zero attached hydrogens (tertiary/aromatic N) is 1. The summed E-state index contributed by atoms with van der Waals surface area (Å²) in [5, 5.41) is 10.8. The second-order valence-electron chi connectivity index (χ2n) is 11.6. The van der Waals surface area contributed by atoms with E-state index in [0.717, 1.165) is 56.0 Å². The highest BCUT2D eigenvalue weighted by atomic mass is 31.1. The van der Waals surface area contributed by atoms with Crippen molar-refractivity contribution in [1.82, 2.24) is 4.98 Å². The molecule has 6 heteroatoms. The van der Waals surface area contributed by atoms with Crippen LogP contribution in [-0.4, -0.2) is 11.0 Å². The minimum Gasteiger partial charge on any atom is -0.462 e. The van der Waals surface area contributed by atoms with Gasteiger partial charge in [-0.1, -0.05) is 114 Å². The molecular weight excluding hydrogens is 590 g/mol. The summed E-state index contributed by atoms with van der Waals surface area (Å²) < 4.78 is 14.3. The van der Waals surface area contributed by atoms with Crippen molar-refractivity contribution in [2.75, 3.05) is 5.32 Å². The molecule has 8 rings (SSSR count). The lowest BCUT2D eigenvalue weighted by molar-refractivity contribution is 0.626. The zero-order valence-electron chi connectivity index (χ0n) is 25.1. The number of pyridine rings is 1. The molecule has 2 bridgehead atoms. The van der Waals surface area contributed by atoms with Gasteiger partial charge in [-0.05, 0) is 50.6 Å². The Morgan fingerprint density at radius 3 is 1.96 bits per heavy atom. The number of aromatic nitrogens is 1. The van der Waals surface area contributed by atoms with Crippen LogP contribution >= 0.6 is 16.3 Å². The van der Waals surface area contributed by atoms with E-state index < -0.39 is 16.3 Å². The van der Waals surface area contributed by atoms with Crippen LogP contribution in [0.15, 0.2) is 144 Å². The highest BCUT2D eigenvalue weighted by molar-refractivity contribution is 7.69. The van der Waals surface area contributed by atoms with Crippen LogP contribution in [0.1, 0.15) is 18.9 Å². The van der Waals surface area contributed by atoms with Crippen molar-refractivity contribution in [3.63, 3.8) is 0 Å². The summed E-state index contributed by atoms with van der Waals surface area (Å²) in [6.07, 6.45) is 5.50. The van der Waals surface area contributed by atoms with Gasteiger partial charge in [0.1, 0.15) is 19.2 Å². The Hall–Kier alpha value is -4.49. The van der Waals surface area contributed by atoms with Gasteiger partial charge < -0.3 is 14.4 Å². The number of rotatable bonds is 2. The van der Waals surface area contributed by atoms with Gasteiger partial charge in [-0.2, -0.15) is 0 Å². The van der Waals surface area contributed by atoms with Crippen molar-refractivity contribution in [2.24, 2.45) is 0 Å². The summed E-state index contributed by atoms with van der Waals surface area (Å²) in [6.45, 7) is 4.33. The summed E-state index contributed by atoms with van der Waals surface area (Å²) in [7, 11) is -2.44. The minimum absolute atomic E-state index is 0.0407. The van der Waals surface area contributed by atoms with Crippen LogP contribution in [0.5, 0.6) is 11.5 Å². The lowest BCUT2D eigenvalue weighted by Crippen LogP contribution is -2.29. The van der Waals surface area contributed by atoms with Crippen LogP contribution in [0, 0.1) is 6.92 Å². The van der Waals surface area contributed by atoms with E-state index in [2.05, 4.69) is 147 Å². The molecule has 1 aromatic heterocycles. The molecule has 0 amide bonds. The van der Waals surface area contributed by atoms with Gasteiger partial charge in [0.05, 0.1) is 6.04 Å². The number of hydrogen-bond donors (Lipinski definition) is 1. The average Bonchev–Trinajstić information content (AvgIpc) is 3.07. The quantitative estimate of drug-likeness (QED) is 0.154. The molecule has 0 radical (unpaired) electrons. The molecule has 3 atom stereocenters. The number of allylic oxidation sites excluding steroid dienone is 2. The van der Waals surface area contributed by atoms with Crippen LogP contribution in [-0.2, 0) is 0 Å². The maximum atomic E-state index is 7.15. The fraction of sp³-hybridized carbons (Fsp3) is 0.103. The SMILES string of the molecule is CC1=CCC2Nc3ccc(C)cc3P(c3ccccc3)Oc3cccc4cc5cccc(c5nc34)OP(c3ccccc3)C2=C1. The first-order valence-electron chi connectivity index (χ1n) is 15.2. The van der Waals surface area contributed by atoms with Crippen LogP contribution in [0.25, 0.3) is 21.8 Å². The second kappa shape index (κ2) is 11.8. The Morgan fingerprint density at radius 1 is 0.667 bits per heavy atom. The predicted molar refractivity (Wildman–Crippen MR) is 191 cm³/mol. The number of benzene rings is 5. The summed E-state index contributed by atoms with van der Waals surface area (Å²) in [5.41, 5.74) is 5.20. The summed E-state index contributed by atoms with van der Waals surface area (Å²) in [6, 6.07) is 42.6. The molecule has 2 aliphatic rings. The smallest absolute Gasteiger partial charge is 0.153 e. The maximum Gasteiger partial charge on any atom is 0.153 e. The van der Waals surface area contributed by atoms with Crippen molar-refractivity contribution in [3.05, 3.63) is 150 Å². The molecule has 1 N–H and O–H groups in total. The van der Waals surface area contributed by atoms with Gasteiger partial charge in [-0.25, -0.2) is 4.98 Å². The molecule has 6 aromatic rings. The van der Waals surface area contributed by atoms with E-state index in [4.69, 9.17) is 14.0 Å². The molecule has 4 nitrogen and oxygen atoms in total. The van der Waals surface area contributed by atoms with Crippen LogP contribution in [0.3, 0.4) is 0 Å². The van der Waals surface area contributed by atoms with Gasteiger partial charge >= 0.3 is 0 Å². The van der Waals surface area contributed by atoms with Gasteiger partial charge in [-0.3, -0.25) is 0 Å². The van der Waals surface area contributed by atoms with Crippen LogP contribution in [0.2, 0.25) is 0 Å². The minimum atomic E-state index is -1.24. The zero-order valence-corrected chi connectivity index (χ0v) is 26.9. The number of hydrogen-bond acceptors (Lipinski definition) is 4. The summed E-state index contributed by atoms with van der Waals surface area (Å²) >= 11 is 0. The molecule has 220 valence electrons. The number of nitrogens with one attached hydrogen (secondary N) is 1. The molecule has 5 aromatic carbocycles. The van der Waals surface area contributed by atoms with E-state index in [-0.39, 0.29) is 6.04 Å². The first-order chi connectivity index (χ1) is 22.1. The molecule has 0 fully saturated rings. The molecule has 3 unspecified atom stereocenters. The van der Waals surface area contributed by atoms with Crippen molar-refractivity contribution in [1.29, 1.82) is 0 Å². The van der Waals surface area contributed by atoms with Gasteiger partial charge in [0.15, 0.2) is 19.6 Å². The second-order valence-corrected chi connectivity index (χ2v) is 15.1. The first kappa shape index (κ1) is 28.0.